The van der Waals surface area contributed by atoms with Crippen molar-refractivity contribution in [2.75, 3.05) is 34.7 Å². The number of guanidine groups is 1. The Hall–Kier alpha value is -1.67. The summed E-state index contributed by atoms with van der Waals surface area (Å²) in [4.78, 5) is 8.52. The summed E-state index contributed by atoms with van der Waals surface area (Å²) >= 11 is 0. The summed E-state index contributed by atoms with van der Waals surface area (Å²) < 4.78 is 13.6. The lowest BCUT2D eigenvalue weighted by Crippen LogP contribution is -2.42. The zero-order valence-electron chi connectivity index (χ0n) is 15.8. The first-order valence-corrected chi connectivity index (χ1v) is 8.39. The summed E-state index contributed by atoms with van der Waals surface area (Å²) in [5.41, 5.74) is 2.17. The van der Waals surface area contributed by atoms with Crippen LogP contribution in [0.4, 0.5) is 4.39 Å². The van der Waals surface area contributed by atoms with Gasteiger partial charge in [0.1, 0.15) is 5.82 Å². The van der Waals surface area contributed by atoms with E-state index in [1.54, 1.807) is 19.2 Å². The van der Waals surface area contributed by atoms with Crippen LogP contribution in [0.2, 0.25) is 0 Å². The Kier molecular flexibility index (Phi) is 9.58. The van der Waals surface area contributed by atoms with Crippen molar-refractivity contribution in [1.82, 2.24) is 15.1 Å². The van der Waals surface area contributed by atoms with Gasteiger partial charge in [0.2, 0.25) is 0 Å². The van der Waals surface area contributed by atoms with Gasteiger partial charge in [0, 0.05) is 27.2 Å². The molecule has 0 saturated heterocycles. The first-order valence-electron chi connectivity index (χ1n) is 8.39. The molecule has 0 spiro atoms. The van der Waals surface area contributed by atoms with Gasteiger partial charge in [0.25, 0.3) is 0 Å². The standard InChI is InChI=1S/C20H27FN4.HI/c1-22-20(25(4)15-16-9-6-5-7-10-16)23-14-19(24(2)3)17-11-8-12-18(21)13-17;/h5-13,19H,14-15H2,1-4H3,(H,22,23);1H. The number of nitrogens with one attached hydrogen (secondary N) is 1. The second-order valence-electron chi connectivity index (χ2n) is 6.30. The molecule has 0 heterocycles. The molecule has 0 aliphatic carbocycles. The summed E-state index contributed by atoms with van der Waals surface area (Å²) in [6, 6.07) is 17.1. The van der Waals surface area contributed by atoms with Crippen LogP contribution in [0.5, 0.6) is 0 Å². The first kappa shape index (κ1) is 22.4. The third kappa shape index (κ3) is 6.57. The quantitative estimate of drug-likeness (QED) is 0.397. The van der Waals surface area contributed by atoms with E-state index in [-0.39, 0.29) is 35.8 Å². The molecule has 0 radical (unpaired) electrons. The van der Waals surface area contributed by atoms with Crippen molar-refractivity contribution in [3.63, 3.8) is 0 Å². The van der Waals surface area contributed by atoms with E-state index >= 15 is 0 Å². The van der Waals surface area contributed by atoms with Crippen LogP contribution in [0.15, 0.2) is 59.6 Å². The molecule has 0 aliphatic rings. The first-order chi connectivity index (χ1) is 12.0. The molecule has 4 nitrogen and oxygen atoms in total. The average molecular weight is 470 g/mol. The molecule has 0 fully saturated rings. The van der Waals surface area contributed by atoms with Gasteiger partial charge in [0.15, 0.2) is 5.96 Å². The molecular formula is C20H28FIN4. The van der Waals surface area contributed by atoms with E-state index in [1.165, 1.54) is 11.6 Å². The van der Waals surface area contributed by atoms with Gasteiger partial charge in [-0.05, 0) is 37.4 Å². The second kappa shape index (κ2) is 11.1. The third-order valence-electron chi connectivity index (χ3n) is 4.15. The molecule has 0 saturated carbocycles. The molecule has 2 aromatic rings. The topological polar surface area (TPSA) is 30.9 Å². The Morgan fingerprint density at radius 3 is 2.35 bits per heavy atom. The van der Waals surface area contributed by atoms with Crippen molar-refractivity contribution in [2.24, 2.45) is 4.99 Å². The number of rotatable bonds is 6. The highest BCUT2D eigenvalue weighted by Gasteiger charge is 2.16. The van der Waals surface area contributed by atoms with E-state index in [0.717, 1.165) is 18.1 Å². The van der Waals surface area contributed by atoms with Crippen LogP contribution in [-0.2, 0) is 6.54 Å². The number of benzene rings is 2. The van der Waals surface area contributed by atoms with Crippen LogP contribution in [0.25, 0.3) is 0 Å². The summed E-state index contributed by atoms with van der Waals surface area (Å²) in [7, 11) is 7.77. The molecule has 0 amide bonds. The zero-order chi connectivity index (χ0) is 18.2. The lowest BCUT2D eigenvalue weighted by Gasteiger charge is -2.28. The molecule has 1 unspecified atom stereocenters. The predicted octanol–water partition coefficient (Wildman–Crippen LogP) is 3.75. The van der Waals surface area contributed by atoms with E-state index < -0.39 is 0 Å². The fraction of sp³-hybridized carbons (Fsp3) is 0.350. The number of hydrogen-bond donors (Lipinski definition) is 1. The zero-order valence-corrected chi connectivity index (χ0v) is 18.1. The van der Waals surface area contributed by atoms with Crippen molar-refractivity contribution < 1.29 is 4.39 Å². The molecule has 142 valence electrons. The van der Waals surface area contributed by atoms with Crippen LogP contribution >= 0.6 is 24.0 Å². The molecule has 0 aromatic heterocycles. The van der Waals surface area contributed by atoms with Crippen molar-refractivity contribution in [2.45, 2.75) is 12.6 Å². The van der Waals surface area contributed by atoms with E-state index in [4.69, 9.17) is 0 Å². The van der Waals surface area contributed by atoms with E-state index in [2.05, 4.69) is 32.2 Å². The highest BCUT2D eigenvalue weighted by molar-refractivity contribution is 14.0. The number of nitrogens with zero attached hydrogens (tertiary/aromatic N) is 3. The van der Waals surface area contributed by atoms with E-state index in [1.807, 2.05) is 45.4 Å². The number of likely N-dealkylation sites (N-methyl/N-ethyl adjacent to an activating group) is 1. The van der Waals surface area contributed by atoms with Gasteiger partial charge in [-0.2, -0.15) is 0 Å². The van der Waals surface area contributed by atoms with Gasteiger partial charge in [-0.25, -0.2) is 4.39 Å². The van der Waals surface area contributed by atoms with Crippen LogP contribution in [0.1, 0.15) is 17.2 Å². The summed E-state index contributed by atoms with van der Waals surface area (Å²) in [5.74, 6) is 0.599. The normalized spacial score (nSPS) is 12.5. The fourth-order valence-corrected chi connectivity index (χ4v) is 2.82. The molecule has 2 aromatic carbocycles. The molecule has 2 rings (SSSR count). The SMILES string of the molecule is CN=C(NCC(c1cccc(F)c1)N(C)C)N(C)Cc1ccccc1.I. The lowest BCUT2D eigenvalue weighted by atomic mass is 10.1. The number of aliphatic imine (C=N–C) groups is 1. The molecule has 6 heteroatoms. The molecule has 0 aliphatic heterocycles. The van der Waals surface area contributed by atoms with Crippen molar-refractivity contribution >= 4 is 29.9 Å². The smallest absolute Gasteiger partial charge is 0.193 e. The lowest BCUT2D eigenvalue weighted by molar-refractivity contribution is 0.294. The minimum Gasteiger partial charge on any atom is -0.354 e. The number of hydrogen-bond acceptors (Lipinski definition) is 2. The maximum atomic E-state index is 13.6. The summed E-state index contributed by atoms with van der Waals surface area (Å²) in [5, 5.41) is 3.40. The Morgan fingerprint density at radius 1 is 1.08 bits per heavy atom. The van der Waals surface area contributed by atoms with E-state index in [0.29, 0.717) is 6.54 Å². The Balaban J connectivity index is 0.00000338. The third-order valence-corrected chi connectivity index (χ3v) is 4.15. The molecule has 26 heavy (non-hydrogen) atoms. The molecule has 0 bridgehead atoms. The van der Waals surface area contributed by atoms with Gasteiger partial charge in [-0.3, -0.25) is 4.99 Å². The van der Waals surface area contributed by atoms with Gasteiger partial charge in [-0.1, -0.05) is 42.5 Å². The van der Waals surface area contributed by atoms with Crippen LogP contribution in [0, 0.1) is 5.82 Å². The highest BCUT2D eigenvalue weighted by atomic mass is 127. The van der Waals surface area contributed by atoms with Crippen molar-refractivity contribution in [3.8, 4) is 0 Å². The summed E-state index contributed by atoms with van der Waals surface area (Å²) in [6.07, 6.45) is 0. The second-order valence-corrected chi connectivity index (χ2v) is 6.30. The van der Waals surface area contributed by atoms with Gasteiger partial charge in [0.05, 0.1) is 6.04 Å². The van der Waals surface area contributed by atoms with Crippen LogP contribution < -0.4 is 5.32 Å². The van der Waals surface area contributed by atoms with Crippen LogP contribution in [0.3, 0.4) is 0 Å². The number of halogens is 2. The van der Waals surface area contributed by atoms with Gasteiger partial charge >= 0.3 is 0 Å². The van der Waals surface area contributed by atoms with Crippen molar-refractivity contribution in [3.05, 3.63) is 71.5 Å². The maximum absolute atomic E-state index is 13.6. The Labute approximate surface area is 173 Å². The van der Waals surface area contributed by atoms with Crippen LogP contribution in [-0.4, -0.2) is 50.5 Å². The maximum Gasteiger partial charge on any atom is 0.193 e. The average Bonchev–Trinajstić information content (AvgIpc) is 2.59. The molecular weight excluding hydrogens is 442 g/mol. The van der Waals surface area contributed by atoms with Gasteiger partial charge < -0.3 is 15.1 Å². The minimum atomic E-state index is -0.213. The molecule has 1 N–H and O–H groups in total. The molecule has 1 atom stereocenters. The van der Waals surface area contributed by atoms with Crippen molar-refractivity contribution in [1.29, 1.82) is 0 Å². The Morgan fingerprint density at radius 2 is 1.77 bits per heavy atom. The highest BCUT2D eigenvalue weighted by Crippen LogP contribution is 2.18. The van der Waals surface area contributed by atoms with E-state index in [9.17, 15) is 4.39 Å². The minimum absolute atomic E-state index is 0. The Bertz CT molecular complexity index is 691. The largest absolute Gasteiger partial charge is 0.354 e. The monoisotopic (exact) mass is 470 g/mol. The predicted molar refractivity (Wildman–Crippen MR) is 118 cm³/mol. The van der Waals surface area contributed by atoms with Gasteiger partial charge in [-0.15, -0.1) is 24.0 Å². The fourth-order valence-electron chi connectivity index (χ4n) is 2.82. The summed E-state index contributed by atoms with van der Waals surface area (Å²) in [6.45, 7) is 1.41.